The number of hydrogen-bond donors (Lipinski definition) is 0. The summed E-state index contributed by atoms with van der Waals surface area (Å²) in [6.45, 7) is 0. The molecule has 0 aliphatic heterocycles. The Labute approximate surface area is 99.8 Å². The highest BCUT2D eigenvalue weighted by Crippen LogP contribution is 2.31. The predicted octanol–water partition coefficient (Wildman–Crippen LogP) is 1.68. The Morgan fingerprint density at radius 1 is 1.31 bits per heavy atom. The van der Waals surface area contributed by atoms with Crippen molar-refractivity contribution in [2.45, 2.75) is 9.37 Å². The second-order valence-electron chi connectivity index (χ2n) is 3.03. The smallest absolute Gasteiger partial charge is 0.217 e. The Balaban J connectivity index is 2.14. The summed E-state index contributed by atoms with van der Waals surface area (Å²) in [6, 6.07) is 1.27. The van der Waals surface area contributed by atoms with Gasteiger partial charge in [0.05, 0.1) is 0 Å². The van der Waals surface area contributed by atoms with Gasteiger partial charge in [0.15, 0.2) is 4.34 Å². The maximum atomic E-state index is 12.8. The Morgan fingerprint density at radius 3 is 2.75 bits per heavy atom. The maximum absolute atomic E-state index is 12.8. The van der Waals surface area contributed by atoms with Crippen LogP contribution in [0, 0.1) is 5.95 Å². The van der Waals surface area contributed by atoms with Gasteiger partial charge in [-0.15, -0.1) is 10.2 Å². The molecule has 0 saturated heterocycles. The van der Waals surface area contributed by atoms with E-state index < -0.39 is 5.95 Å². The summed E-state index contributed by atoms with van der Waals surface area (Å²) < 4.78 is 13.5. The van der Waals surface area contributed by atoms with Crippen molar-refractivity contribution in [2.75, 3.05) is 19.0 Å². The summed E-state index contributed by atoms with van der Waals surface area (Å²) in [4.78, 5) is 9.17. The molecule has 0 amide bonds. The molecule has 0 bridgehead atoms. The van der Waals surface area contributed by atoms with Gasteiger partial charge in [-0.1, -0.05) is 11.3 Å². The molecule has 0 aromatic carbocycles. The molecular weight excluding hydrogens is 249 g/mol. The number of anilines is 1. The first-order chi connectivity index (χ1) is 7.65. The molecule has 0 aliphatic rings. The second-order valence-corrected chi connectivity index (χ2v) is 5.25. The summed E-state index contributed by atoms with van der Waals surface area (Å²) in [6.07, 6.45) is 1.19. The van der Waals surface area contributed by atoms with Crippen LogP contribution < -0.4 is 4.90 Å². The summed E-state index contributed by atoms with van der Waals surface area (Å²) in [5.74, 6) is -0.546. The molecule has 0 radical (unpaired) electrons. The fourth-order valence-electron chi connectivity index (χ4n) is 0.887. The molecule has 0 fully saturated rings. The van der Waals surface area contributed by atoms with Crippen molar-refractivity contribution in [1.82, 2.24) is 20.2 Å². The van der Waals surface area contributed by atoms with Gasteiger partial charge in [-0.25, -0.2) is 9.97 Å². The Bertz CT molecular complexity index is 487. The average Bonchev–Trinajstić information content (AvgIpc) is 2.66. The van der Waals surface area contributed by atoms with E-state index in [-0.39, 0.29) is 0 Å². The standard InChI is InChI=1S/C8H8FN5S2/c1-14(2)7-12-13-8(16-7)15-6-3-5(9)10-4-11-6/h3-4H,1-2H3. The van der Waals surface area contributed by atoms with E-state index in [0.717, 1.165) is 9.47 Å². The van der Waals surface area contributed by atoms with Crippen molar-refractivity contribution in [3.05, 3.63) is 18.3 Å². The first-order valence-electron chi connectivity index (χ1n) is 4.31. The quantitative estimate of drug-likeness (QED) is 0.780. The van der Waals surface area contributed by atoms with Gasteiger partial charge in [0.25, 0.3) is 0 Å². The van der Waals surface area contributed by atoms with E-state index in [1.54, 1.807) is 0 Å². The van der Waals surface area contributed by atoms with Crippen molar-refractivity contribution in [3.8, 4) is 0 Å². The van der Waals surface area contributed by atoms with Crippen molar-refractivity contribution in [1.29, 1.82) is 0 Å². The molecule has 0 unspecified atom stereocenters. The second kappa shape index (κ2) is 4.71. The number of halogens is 1. The van der Waals surface area contributed by atoms with Gasteiger partial charge in [-0.2, -0.15) is 4.39 Å². The van der Waals surface area contributed by atoms with E-state index >= 15 is 0 Å². The lowest BCUT2D eigenvalue weighted by molar-refractivity contribution is 0.572. The van der Waals surface area contributed by atoms with Crippen LogP contribution in [0.15, 0.2) is 21.8 Å². The lowest BCUT2D eigenvalue weighted by atomic mass is 10.7. The van der Waals surface area contributed by atoms with E-state index in [0.29, 0.717) is 5.03 Å². The molecule has 0 atom stereocenters. The van der Waals surface area contributed by atoms with Gasteiger partial charge in [0, 0.05) is 20.2 Å². The van der Waals surface area contributed by atoms with Gasteiger partial charge in [-0.05, 0) is 11.8 Å². The van der Waals surface area contributed by atoms with Crippen LogP contribution in [0.4, 0.5) is 9.52 Å². The highest BCUT2D eigenvalue weighted by atomic mass is 32.2. The van der Waals surface area contributed by atoms with Crippen LogP contribution in [-0.2, 0) is 0 Å². The van der Waals surface area contributed by atoms with Crippen molar-refractivity contribution in [2.24, 2.45) is 0 Å². The van der Waals surface area contributed by atoms with Crippen molar-refractivity contribution >= 4 is 28.2 Å². The minimum atomic E-state index is -0.546. The highest BCUT2D eigenvalue weighted by molar-refractivity contribution is 8.01. The largest absolute Gasteiger partial charge is 0.353 e. The monoisotopic (exact) mass is 257 g/mol. The van der Waals surface area contributed by atoms with E-state index in [1.165, 1.54) is 35.5 Å². The van der Waals surface area contributed by atoms with E-state index in [4.69, 9.17) is 0 Å². The molecule has 0 N–H and O–H groups in total. The molecule has 8 heteroatoms. The third-order valence-electron chi connectivity index (χ3n) is 1.58. The molecular formula is C8H8FN5S2. The van der Waals surface area contributed by atoms with E-state index in [2.05, 4.69) is 20.2 Å². The summed E-state index contributed by atoms with van der Waals surface area (Å²) in [5.41, 5.74) is 0. The normalized spacial score (nSPS) is 10.4. The van der Waals surface area contributed by atoms with E-state index in [1.807, 2.05) is 19.0 Å². The molecule has 0 aliphatic carbocycles. The first-order valence-corrected chi connectivity index (χ1v) is 5.94. The van der Waals surface area contributed by atoms with Gasteiger partial charge < -0.3 is 4.90 Å². The first kappa shape index (κ1) is 11.2. The fourth-order valence-corrected chi connectivity index (χ4v) is 2.55. The number of hydrogen-bond acceptors (Lipinski definition) is 7. The van der Waals surface area contributed by atoms with Crippen LogP contribution in [0.2, 0.25) is 0 Å². The van der Waals surface area contributed by atoms with Crippen LogP contribution in [0.5, 0.6) is 0 Å². The van der Waals surface area contributed by atoms with Gasteiger partial charge in [0.1, 0.15) is 11.4 Å². The molecule has 2 aromatic rings. The van der Waals surface area contributed by atoms with Gasteiger partial charge in [0.2, 0.25) is 11.1 Å². The van der Waals surface area contributed by atoms with Gasteiger partial charge in [-0.3, -0.25) is 0 Å². The molecule has 5 nitrogen and oxygen atoms in total. The Morgan fingerprint density at radius 2 is 2.12 bits per heavy atom. The maximum Gasteiger partial charge on any atom is 0.217 e. The van der Waals surface area contributed by atoms with Crippen LogP contribution in [-0.4, -0.2) is 34.3 Å². The van der Waals surface area contributed by atoms with Crippen LogP contribution in [0.3, 0.4) is 0 Å². The van der Waals surface area contributed by atoms with Crippen LogP contribution in [0.25, 0.3) is 0 Å². The zero-order valence-electron chi connectivity index (χ0n) is 8.59. The Hall–Kier alpha value is -1.28. The van der Waals surface area contributed by atoms with Crippen molar-refractivity contribution < 1.29 is 4.39 Å². The predicted molar refractivity (Wildman–Crippen MR) is 60.3 cm³/mol. The van der Waals surface area contributed by atoms with Crippen molar-refractivity contribution in [3.63, 3.8) is 0 Å². The number of aromatic nitrogens is 4. The number of nitrogens with zero attached hydrogens (tertiary/aromatic N) is 5. The van der Waals surface area contributed by atoms with E-state index in [9.17, 15) is 4.39 Å². The molecule has 2 rings (SSSR count). The molecule has 0 saturated carbocycles. The molecule has 84 valence electrons. The molecule has 0 spiro atoms. The van der Waals surface area contributed by atoms with Crippen LogP contribution >= 0.6 is 23.1 Å². The summed E-state index contributed by atoms with van der Waals surface area (Å²) in [5, 5.41) is 9.27. The lowest BCUT2D eigenvalue weighted by Gasteiger charge is -2.03. The fraction of sp³-hybridized carbons (Fsp3) is 0.250. The molecule has 2 aromatic heterocycles. The average molecular weight is 257 g/mol. The summed E-state index contributed by atoms with van der Waals surface area (Å²) in [7, 11) is 3.78. The topological polar surface area (TPSA) is 54.8 Å². The minimum absolute atomic E-state index is 0.522. The molecule has 16 heavy (non-hydrogen) atoms. The van der Waals surface area contributed by atoms with Gasteiger partial charge >= 0.3 is 0 Å². The Kier molecular flexibility index (Phi) is 3.30. The summed E-state index contributed by atoms with van der Waals surface area (Å²) >= 11 is 2.69. The van der Waals surface area contributed by atoms with Crippen LogP contribution in [0.1, 0.15) is 0 Å². The zero-order valence-corrected chi connectivity index (χ0v) is 10.2. The highest BCUT2D eigenvalue weighted by Gasteiger charge is 2.08. The number of rotatable bonds is 3. The third kappa shape index (κ3) is 2.64. The lowest BCUT2D eigenvalue weighted by Crippen LogP contribution is -2.07. The molecule has 2 heterocycles. The third-order valence-corrected chi connectivity index (χ3v) is 3.65. The minimum Gasteiger partial charge on any atom is -0.353 e. The zero-order chi connectivity index (χ0) is 11.5. The SMILES string of the molecule is CN(C)c1nnc(Sc2cc(F)ncn2)s1.